The van der Waals surface area contributed by atoms with Crippen LogP contribution in [-0.2, 0) is 11.2 Å². The number of fused-ring (bicyclic) bond motifs is 1. The van der Waals surface area contributed by atoms with Gasteiger partial charge in [0.15, 0.2) is 6.04 Å². The minimum atomic E-state index is -0.868. The molecule has 1 fully saturated rings. The first kappa shape index (κ1) is 13.2. The second-order valence-corrected chi connectivity index (χ2v) is 5.83. The van der Waals surface area contributed by atoms with Crippen molar-refractivity contribution in [1.82, 2.24) is 0 Å². The average Bonchev–Trinajstić information content (AvgIpc) is 2.92. The summed E-state index contributed by atoms with van der Waals surface area (Å²) in [5.41, 5.74) is 2.79. The van der Waals surface area contributed by atoms with Crippen LogP contribution < -0.4 is 0 Å². The molecule has 1 aromatic rings. The van der Waals surface area contributed by atoms with Gasteiger partial charge in [0, 0.05) is 17.7 Å². The molecular weight excluding hydrogens is 254 g/mol. The van der Waals surface area contributed by atoms with Crippen molar-refractivity contribution in [3.8, 4) is 5.75 Å². The summed E-state index contributed by atoms with van der Waals surface area (Å²) in [5, 5.41) is 18.9. The third-order valence-electron chi connectivity index (χ3n) is 4.37. The monoisotopic (exact) mass is 273 g/mol. The number of phenolic OH excluding ortho intramolecular Hbond substituents is 1. The van der Waals surface area contributed by atoms with Gasteiger partial charge in [-0.05, 0) is 30.0 Å². The molecule has 2 aliphatic rings. The van der Waals surface area contributed by atoms with Crippen molar-refractivity contribution < 1.29 is 15.0 Å². The Bertz CT molecular complexity index is 559. The minimum absolute atomic E-state index is 0.219. The van der Waals surface area contributed by atoms with Crippen molar-refractivity contribution in [1.29, 1.82) is 0 Å². The molecule has 0 bridgehead atoms. The maximum absolute atomic E-state index is 11.3. The normalized spacial score (nSPS) is 22.4. The molecule has 1 unspecified atom stereocenters. The van der Waals surface area contributed by atoms with Gasteiger partial charge in [-0.3, -0.25) is 4.99 Å². The van der Waals surface area contributed by atoms with Crippen molar-refractivity contribution in [2.75, 3.05) is 0 Å². The molecule has 1 saturated carbocycles. The van der Waals surface area contributed by atoms with E-state index in [1.54, 1.807) is 12.1 Å². The standard InChI is InChI=1S/C16H19NO3/c18-12-6-5-11-8-15(16(19)20)17-14(13(11)9-12)7-10-3-1-2-4-10/h5-6,9-10,15,18H,1-4,7-8H2,(H,19,20). The lowest BCUT2D eigenvalue weighted by molar-refractivity contribution is -0.138. The number of phenols is 1. The van der Waals surface area contributed by atoms with Crippen molar-refractivity contribution in [3.05, 3.63) is 29.3 Å². The lowest BCUT2D eigenvalue weighted by atomic mass is 9.88. The molecule has 0 aromatic heterocycles. The first-order chi connectivity index (χ1) is 9.63. The second-order valence-electron chi connectivity index (χ2n) is 5.83. The Morgan fingerprint density at radius 3 is 2.75 bits per heavy atom. The molecule has 20 heavy (non-hydrogen) atoms. The van der Waals surface area contributed by atoms with Gasteiger partial charge in [-0.25, -0.2) is 4.79 Å². The average molecular weight is 273 g/mol. The molecule has 4 heteroatoms. The largest absolute Gasteiger partial charge is 0.508 e. The predicted molar refractivity (Wildman–Crippen MR) is 76.3 cm³/mol. The van der Waals surface area contributed by atoms with E-state index < -0.39 is 12.0 Å². The van der Waals surface area contributed by atoms with E-state index in [2.05, 4.69) is 4.99 Å². The zero-order chi connectivity index (χ0) is 14.1. The fraction of sp³-hybridized carbons (Fsp3) is 0.500. The van der Waals surface area contributed by atoms with Crippen molar-refractivity contribution in [2.45, 2.75) is 44.6 Å². The number of rotatable bonds is 3. The Morgan fingerprint density at radius 1 is 1.30 bits per heavy atom. The van der Waals surface area contributed by atoms with Crippen molar-refractivity contribution in [3.63, 3.8) is 0 Å². The molecule has 0 saturated heterocycles. The van der Waals surface area contributed by atoms with Crippen LogP contribution in [0.5, 0.6) is 5.75 Å². The van der Waals surface area contributed by atoms with Crippen LogP contribution in [0.4, 0.5) is 0 Å². The molecule has 0 spiro atoms. The van der Waals surface area contributed by atoms with Crippen molar-refractivity contribution in [2.24, 2.45) is 10.9 Å². The number of aliphatic carboxylic acids is 1. The van der Waals surface area contributed by atoms with Gasteiger partial charge in [-0.2, -0.15) is 0 Å². The molecule has 0 amide bonds. The number of aromatic hydroxyl groups is 1. The fourth-order valence-electron chi connectivity index (χ4n) is 3.32. The first-order valence-electron chi connectivity index (χ1n) is 7.25. The van der Waals surface area contributed by atoms with E-state index in [4.69, 9.17) is 0 Å². The van der Waals surface area contributed by atoms with Gasteiger partial charge in [0.05, 0.1) is 0 Å². The molecule has 106 valence electrons. The molecular formula is C16H19NO3. The van der Waals surface area contributed by atoms with E-state index in [0.29, 0.717) is 12.3 Å². The van der Waals surface area contributed by atoms with E-state index in [1.807, 2.05) is 6.07 Å². The molecule has 1 aromatic carbocycles. The van der Waals surface area contributed by atoms with Crippen LogP contribution in [0.15, 0.2) is 23.2 Å². The smallest absolute Gasteiger partial charge is 0.328 e. The Kier molecular flexibility index (Phi) is 3.47. The summed E-state index contributed by atoms with van der Waals surface area (Å²) in [6.45, 7) is 0. The number of aliphatic imine (C=N–C) groups is 1. The zero-order valence-electron chi connectivity index (χ0n) is 11.4. The van der Waals surface area contributed by atoms with Gasteiger partial charge >= 0.3 is 5.97 Å². The predicted octanol–water partition coefficient (Wildman–Crippen LogP) is 2.77. The SMILES string of the molecule is O=C(O)C1Cc2ccc(O)cc2C(CC2CCCC2)=N1. The molecule has 2 N–H and O–H groups in total. The highest BCUT2D eigenvalue weighted by atomic mass is 16.4. The van der Waals surface area contributed by atoms with E-state index in [9.17, 15) is 15.0 Å². The van der Waals surface area contributed by atoms with E-state index in [-0.39, 0.29) is 5.75 Å². The number of hydrogen-bond acceptors (Lipinski definition) is 3. The number of benzene rings is 1. The summed E-state index contributed by atoms with van der Waals surface area (Å²) in [5.74, 6) is -0.0409. The number of carboxylic acids is 1. The Morgan fingerprint density at radius 2 is 2.05 bits per heavy atom. The van der Waals surface area contributed by atoms with Gasteiger partial charge in [0.25, 0.3) is 0 Å². The van der Waals surface area contributed by atoms with Crippen molar-refractivity contribution >= 4 is 11.7 Å². The van der Waals surface area contributed by atoms with Gasteiger partial charge in [-0.15, -0.1) is 0 Å². The van der Waals surface area contributed by atoms with Crippen LogP contribution in [0.3, 0.4) is 0 Å². The van der Waals surface area contributed by atoms with Crippen LogP contribution in [0.1, 0.15) is 43.2 Å². The summed E-state index contributed by atoms with van der Waals surface area (Å²) >= 11 is 0. The van der Waals surface area contributed by atoms with Crippen LogP contribution in [0.25, 0.3) is 0 Å². The van der Waals surface area contributed by atoms with Crippen LogP contribution >= 0.6 is 0 Å². The Labute approximate surface area is 118 Å². The number of hydrogen-bond donors (Lipinski definition) is 2. The second kappa shape index (κ2) is 5.27. The maximum Gasteiger partial charge on any atom is 0.328 e. The molecule has 4 nitrogen and oxygen atoms in total. The molecule has 3 rings (SSSR count). The van der Waals surface area contributed by atoms with Gasteiger partial charge in [0.2, 0.25) is 0 Å². The van der Waals surface area contributed by atoms with Gasteiger partial charge in [0.1, 0.15) is 5.75 Å². The lowest BCUT2D eigenvalue weighted by Gasteiger charge is -2.23. The number of carbonyl (C=O) groups is 1. The van der Waals surface area contributed by atoms with Crippen LogP contribution in [0, 0.1) is 5.92 Å². The number of nitrogens with zero attached hydrogens (tertiary/aromatic N) is 1. The Balaban J connectivity index is 1.93. The van der Waals surface area contributed by atoms with Gasteiger partial charge in [-0.1, -0.05) is 31.7 Å². The summed E-state index contributed by atoms with van der Waals surface area (Å²) < 4.78 is 0. The van der Waals surface area contributed by atoms with Crippen LogP contribution in [0.2, 0.25) is 0 Å². The minimum Gasteiger partial charge on any atom is -0.508 e. The summed E-state index contributed by atoms with van der Waals surface area (Å²) in [6.07, 6.45) is 6.16. The highest BCUT2D eigenvalue weighted by Crippen LogP contribution is 2.32. The fourth-order valence-corrected chi connectivity index (χ4v) is 3.32. The molecule has 1 atom stereocenters. The maximum atomic E-state index is 11.3. The number of carboxylic acid groups (broad SMARTS) is 1. The third kappa shape index (κ3) is 2.55. The summed E-state index contributed by atoms with van der Waals surface area (Å²) in [6, 6.07) is 4.49. The Hall–Kier alpha value is -1.84. The molecule has 1 heterocycles. The third-order valence-corrected chi connectivity index (χ3v) is 4.37. The topological polar surface area (TPSA) is 69.9 Å². The summed E-state index contributed by atoms with van der Waals surface area (Å²) in [7, 11) is 0. The lowest BCUT2D eigenvalue weighted by Crippen LogP contribution is -2.28. The molecule has 1 aliphatic heterocycles. The van der Waals surface area contributed by atoms with E-state index in [1.165, 1.54) is 25.7 Å². The van der Waals surface area contributed by atoms with E-state index >= 15 is 0 Å². The van der Waals surface area contributed by atoms with Crippen LogP contribution in [-0.4, -0.2) is 27.9 Å². The quantitative estimate of drug-likeness (QED) is 0.889. The van der Waals surface area contributed by atoms with Gasteiger partial charge < -0.3 is 10.2 Å². The highest BCUT2D eigenvalue weighted by Gasteiger charge is 2.28. The highest BCUT2D eigenvalue weighted by molar-refractivity contribution is 6.04. The molecule has 1 aliphatic carbocycles. The zero-order valence-corrected chi connectivity index (χ0v) is 11.4. The van der Waals surface area contributed by atoms with E-state index in [0.717, 1.165) is 23.3 Å². The molecule has 0 radical (unpaired) electrons. The summed E-state index contributed by atoms with van der Waals surface area (Å²) in [4.78, 5) is 15.7. The first-order valence-corrected chi connectivity index (χ1v) is 7.25.